The molecule has 0 radical (unpaired) electrons. The molecule has 118 valence electrons. The Balaban J connectivity index is 2.62. The normalized spacial score (nSPS) is 22.6. The number of nitrogens with zero attached hydrogens (tertiary/aromatic N) is 1. The smallest absolute Gasteiger partial charge is 0.237 e. The molecule has 0 spiro atoms. The molecule has 1 rings (SSSR count). The van der Waals surface area contributed by atoms with Crippen molar-refractivity contribution in [3.63, 3.8) is 0 Å². The van der Waals surface area contributed by atoms with Crippen LogP contribution in [0.5, 0.6) is 0 Å². The summed E-state index contributed by atoms with van der Waals surface area (Å²) < 4.78 is 0. The van der Waals surface area contributed by atoms with Gasteiger partial charge in [0.1, 0.15) is 0 Å². The molecule has 1 saturated heterocycles. The summed E-state index contributed by atoms with van der Waals surface area (Å²) in [4.78, 5) is 14.8. The van der Waals surface area contributed by atoms with E-state index >= 15 is 0 Å². The zero-order chi connectivity index (χ0) is 15.2. The van der Waals surface area contributed by atoms with Crippen molar-refractivity contribution in [3.8, 4) is 0 Å². The van der Waals surface area contributed by atoms with Gasteiger partial charge >= 0.3 is 0 Å². The van der Waals surface area contributed by atoms with Gasteiger partial charge in [-0.25, -0.2) is 0 Å². The maximum absolute atomic E-state index is 12.5. The van der Waals surface area contributed by atoms with Crippen molar-refractivity contribution >= 4 is 5.91 Å². The third kappa shape index (κ3) is 5.06. The van der Waals surface area contributed by atoms with Gasteiger partial charge in [-0.15, -0.1) is 0 Å². The Bertz CT molecular complexity index is 304. The first-order valence-corrected chi connectivity index (χ1v) is 8.19. The molecule has 0 aromatic rings. The standard InChI is InChI=1S/C16H33N3O/c1-6-16(4,5)18-15(20)13(3)19-11-9-8-10-14(19)12-17-7-2/h13-14,17H,6-12H2,1-5H3,(H,18,20). The first-order valence-electron chi connectivity index (χ1n) is 8.19. The number of likely N-dealkylation sites (tertiary alicyclic amines) is 1. The number of hydrogen-bond acceptors (Lipinski definition) is 3. The second kappa shape index (κ2) is 7.99. The maximum atomic E-state index is 12.5. The second-order valence-electron chi connectivity index (χ2n) is 6.60. The van der Waals surface area contributed by atoms with E-state index < -0.39 is 0 Å². The third-order valence-corrected chi connectivity index (χ3v) is 4.53. The monoisotopic (exact) mass is 283 g/mol. The van der Waals surface area contributed by atoms with Crippen molar-refractivity contribution in [2.24, 2.45) is 0 Å². The van der Waals surface area contributed by atoms with Crippen LogP contribution in [0.25, 0.3) is 0 Å². The first kappa shape index (κ1) is 17.4. The second-order valence-corrected chi connectivity index (χ2v) is 6.60. The van der Waals surface area contributed by atoms with Crippen LogP contribution >= 0.6 is 0 Å². The molecule has 1 aliphatic heterocycles. The van der Waals surface area contributed by atoms with Gasteiger partial charge < -0.3 is 10.6 Å². The van der Waals surface area contributed by atoms with Crippen molar-refractivity contribution in [1.82, 2.24) is 15.5 Å². The van der Waals surface area contributed by atoms with Gasteiger partial charge in [-0.2, -0.15) is 0 Å². The van der Waals surface area contributed by atoms with Crippen molar-refractivity contribution < 1.29 is 4.79 Å². The van der Waals surface area contributed by atoms with Crippen LogP contribution in [0.4, 0.5) is 0 Å². The minimum atomic E-state index is -0.113. The summed E-state index contributed by atoms with van der Waals surface area (Å²) in [6, 6.07) is 0.457. The van der Waals surface area contributed by atoms with E-state index in [2.05, 4.69) is 43.2 Å². The Morgan fingerprint density at radius 2 is 2.05 bits per heavy atom. The summed E-state index contributed by atoms with van der Waals surface area (Å²) >= 11 is 0. The molecule has 0 bridgehead atoms. The zero-order valence-electron chi connectivity index (χ0n) is 14.0. The highest BCUT2D eigenvalue weighted by Gasteiger charge is 2.31. The molecule has 2 unspecified atom stereocenters. The number of carbonyl (C=O) groups excluding carboxylic acids is 1. The van der Waals surface area contributed by atoms with Gasteiger partial charge in [0, 0.05) is 18.1 Å². The number of likely N-dealkylation sites (N-methyl/N-ethyl adjacent to an activating group) is 1. The Morgan fingerprint density at radius 3 is 2.65 bits per heavy atom. The summed E-state index contributed by atoms with van der Waals surface area (Å²) in [5.41, 5.74) is -0.113. The number of rotatable bonds is 7. The fourth-order valence-corrected chi connectivity index (χ4v) is 2.74. The van der Waals surface area contributed by atoms with Gasteiger partial charge in [0.15, 0.2) is 0 Å². The highest BCUT2D eigenvalue weighted by atomic mass is 16.2. The molecule has 4 heteroatoms. The topological polar surface area (TPSA) is 44.4 Å². The predicted molar refractivity (Wildman–Crippen MR) is 84.9 cm³/mol. The summed E-state index contributed by atoms with van der Waals surface area (Å²) in [6.45, 7) is 13.5. The van der Waals surface area contributed by atoms with E-state index in [1.54, 1.807) is 0 Å². The molecule has 1 amide bonds. The van der Waals surface area contributed by atoms with Crippen molar-refractivity contribution in [2.45, 2.75) is 77.9 Å². The number of carbonyl (C=O) groups is 1. The molecule has 0 aliphatic carbocycles. The number of hydrogen-bond donors (Lipinski definition) is 2. The average Bonchev–Trinajstić information content (AvgIpc) is 2.44. The van der Waals surface area contributed by atoms with Gasteiger partial charge in [0.05, 0.1) is 6.04 Å². The van der Waals surface area contributed by atoms with Crippen molar-refractivity contribution in [2.75, 3.05) is 19.6 Å². The average molecular weight is 283 g/mol. The number of piperidine rings is 1. The molecule has 0 aromatic heterocycles. The van der Waals surface area contributed by atoms with E-state index in [9.17, 15) is 4.79 Å². The van der Waals surface area contributed by atoms with Crippen LogP contribution in [0.3, 0.4) is 0 Å². The van der Waals surface area contributed by atoms with Crippen LogP contribution in [0, 0.1) is 0 Å². The Hall–Kier alpha value is -0.610. The third-order valence-electron chi connectivity index (χ3n) is 4.53. The lowest BCUT2D eigenvalue weighted by Crippen LogP contribution is -2.57. The quantitative estimate of drug-likeness (QED) is 0.752. The van der Waals surface area contributed by atoms with E-state index in [1.165, 1.54) is 19.3 Å². The maximum Gasteiger partial charge on any atom is 0.237 e. The van der Waals surface area contributed by atoms with Crippen LogP contribution in [0.1, 0.15) is 60.3 Å². The van der Waals surface area contributed by atoms with E-state index in [0.717, 1.165) is 26.1 Å². The largest absolute Gasteiger partial charge is 0.350 e. The molecule has 1 fully saturated rings. The SMILES string of the molecule is CCNCC1CCCCN1C(C)C(=O)NC(C)(C)CC. The van der Waals surface area contributed by atoms with Gasteiger partial charge in [-0.1, -0.05) is 20.3 Å². The number of amides is 1. The molecular weight excluding hydrogens is 250 g/mol. The van der Waals surface area contributed by atoms with Gasteiger partial charge in [-0.05, 0) is 53.1 Å². The van der Waals surface area contributed by atoms with Crippen molar-refractivity contribution in [3.05, 3.63) is 0 Å². The van der Waals surface area contributed by atoms with Gasteiger partial charge in [0.2, 0.25) is 5.91 Å². The van der Waals surface area contributed by atoms with Crippen molar-refractivity contribution in [1.29, 1.82) is 0 Å². The molecule has 1 aliphatic rings. The molecule has 20 heavy (non-hydrogen) atoms. The van der Waals surface area contributed by atoms with Crippen LogP contribution in [0.2, 0.25) is 0 Å². The van der Waals surface area contributed by atoms with Gasteiger partial charge in [-0.3, -0.25) is 9.69 Å². The Labute approximate surface area is 124 Å². The lowest BCUT2D eigenvalue weighted by Gasteiger charge is -2.40. The molecule has 0 aromatic carbocycles. The van der Waals surface area contributed by atoms with E-state index in [0.29, 0.717) is 6.04 Å². The molecule has 0 saturated carbocycles. The van der Waals surface area contributed by atoms with Crippen LogP contribution in [-0.4, -0.2) is 48.1 Å². The first-order chi connectivity index (χ1) is 9.41. The highest BCUT2D eigenvalue weighted by Crippen LogP contribution is 2.20. The lowest BCUT2D eigenvalue weighted by atomic mass is 9.98. The molecule has 2 N–H and O–H groups in total. The molecule has 1 heterocycles. The van der Waals surface area contributed by atoms with E-state index in [-0.39, 0.29) is 17.5 Å². The number of nitrogens with one attached hydrogen (secondary N) is 2. The lowest BCUT2D eigenvalue weighted by molar-refractivity contribution is -0.129. The summed E-state index contributed by atoms with van der Waals surface area (Å²) in [5.74, 6) is 0.167. The molecule has 2 atom stereocenters. The van der Waals surface area contributed by atoms with E-state index in [1.807, 2.05) is 6.92 Å². The predicted octanol–water partition coefficient (Wildman–Crippen LogP) is 2.14. The zero-order valence-corrected chi connectivity index (χ0v) is 14.0. The summed E-state index contributed by atoms with van der Waals surface area (Å²) in [7, 11) is 0. The fourth-order valence-electron chi connectivity index (χ4n) is 2.74. The summed E-state index contributed by atoms with van der Waals surface area (Å²) in [6.07, 6.45) is 4.63. The Kier molecular flexibility index (Phi) is 6.96. The van der Waals surface area contributed by atoms with Gasteiger partial charge in [0.25, 0.3) is 0 Å². The van der Waals surface area contributed by atoms with E-state index in [4.69, 9.17) is 0 Å². The van der Waals surface area contributed by atoms with Crippen LogP contribution in [0.15, 0.2) is 0 Å². The Morgan fingerprint density at radius 1 is 1.35 bits per heavy atom. The summed E-state index contributed by atoms with van der Waals surface area (Å²) in [5, 5.41) is 6.61. The molecule has 4 nitrogen and oxygen atoms in total. The van der Waals surface area contributed by atoms with Crippen LogP contribution in [-0.2, 0) is 4.79 Å². The molecular formula is C16H33N3O. The minimum Gasteiger partial charge on any atom is -0.350 e. The highest BCUT2D eigenvalue weighted by molar-refractivity contribution is 5.82. The van der Waals surface area contributed by atoms with Crippen LogP contribution < -0.4 is 10.6 Å². The fraction of sp³-hybridized carbons (Fsp3) is 0.938. The minimum absolute atomic E-state index is 0.0372.